The van der Waals surface area contributed by atoms with E-state index in [-0.39, 0.29) is 17.9 Å². The first-order chi connectivity index (χ1) is 8.65. The third-order valence-corrected chi connectivity index (χ3v) is 4.58. The lowest BCUT2D eigenvalue weighted by Gasteiger charge is -2.20. The molecule has 1 aliphatic rings. The number of aliphatic carboxylic acids is 1. The van der Waals surface area contributed by atoms with Crippen molar-refractivity contribution in [3.05, 3.63) is 27.1 Å². The zero-order chi connectivity index (χ0) is 12.7. The topological polar surface area (TPSA) is 83.0 Å². The van der Waals surface area contributed by atoms with Crippen LogP contribution in [-0.2, 0) is 17.6 Å². The van der Waals surface area contributed by atoms with Crippen LogP contribution in [0.2, 0.25) is 0 Å². The Morgan fingerprint density at radius 2 is 2.44 bits per heavy atom. The van der Waals surface area contributed by atoms with Crippen molar-refractivity contribution in [3.63, 3.8) is 0 Å². The van der Waals surface area contributed by atoms with Crippen LogP contribution in [0.3, 0.4) is 0 Å². The SMILES string of the molecule is O=C(O)CC1CCc2c(sc3nc[nH]c(=O)c23)C1. The van der Waals surface area contributed by atoms with E-state index in [1.807, 2.05) is 0 Å². The first-order valence-electron chi connectivity index (χ1n) is 5.85. The fraction of sp³-hybridized carbons (Fsp3) is 0.417. The molecule has 1 aliphatic carbocycles. The van der Waals surface area contributed by atoms with Gasteiger partial charge in [-0.2, -0.15) is 0 Å². The van der Waals surface area contributed by atoms with Crippen molar-refractivity contribution in [1.82, 2.24) is 9.97 Å². The lowest BCUT2D eigenvalue weighted by atomic mass is 9.86. The molecule has 18 heavy (non-hydrogen) atoms. The maximum absolute atomic E-state index is 11.8. The van der Waals surface area contributed by atoms with E-state index in [1.54, 1.807) is 0 Å². The summed E-state index contributed by atoms with van der Waals surface area (Å²) >= 11 is 1.52. The van der Waals surface area contributed by atoms with Crippen molar-refractivity contribution in [2.45, 2.75) is 25.7 Å². The number of carboxylic acid groups (broad SMARTS) is 1. The van der Waals surface area contributed by atoms with E-state index in [0.717, 1.165) is 34.5 Å². The van der Waals surface area contributed by atoms with Gasteiger partial charge in [0.15, 0.2) is 0 Å². The van der Waals surface area contributed by atoms with E-state index < -0.39 is 5.97 Å². The first kappa shape index (κ1) is 11.4. The van der Waals surface area contributed by atoms with Gasteiger partial charge in [-0.3, -0.25) is 9.59 Å². The van der Waals surface area contributed by atoms with Crippen molar-refractivity contribution in [3.8, 4) is 0 Å². The lowest BCUT2D eigenvalue weighted by molar-refractivity contribution is -0.138. The van der Waals surface area contributed by atoms with Gasteiger partial charge in [0.25, 0.3) is 5.56 Å². The van der Waals surface area contributed by atoms with E-state index in [4.69, 9.17) is 5.11 Å². The Labute approximate surface area is 106 Å². The molecule has 2 aromatic rings. The number of nitrogens with zero attached hydrogens (tertiary/aromatic N) is 1. The molecule has 5 nitrogen and oxygen atoms in total. The van der Waals surface area contributed by atoms with Crippen molar-refractivity contribution >= 4 is 27.5 Å². The molecule has 2 N–H and O–H groups in total. The third-order valence-electron chi connectivity index (χ3n) is 3.42. The van der Waals surface area contributed by atoms with Crippen LogP contribution in [0.5, 0.6) is 0 Å². The van der Waals surface area contributed by atoms with E-state index >= 15 is 0 Å². The molecule has 6 heteroatoms. The van der Waals surface area contributed by atoms with Crippen molar-refractivity contribution in [1.29, 1.82) is 0 Å². The number of aromatic nitrogens is 2. The Morgan fingerprint density at radius 1 is 1.61 bits per heavy atom. The maximum Gasteiger partial charge on any atom is 0.303 e. The highest BCUT2D eigenvalue weighted by Crippen LogP contribution is 2.36. The van der Waals surface area contributed by atoms with Crippen LogP contribution >= 0.6 is 11.3 Å². The molecule has 0 radical (unpaired) electrons. The average Bonchev–Trinajstić information content (AvgIpc) is 2.66. The molecule has 0 saturated heterocycles. The molecule has 0 fully saturated rings. The molecule has 0 aliphatic heterocycles. The molecular formula is C12H12N2O3S. The molecule has 0 amide bonds. The molecule has 0 bridgehead atoms. The minimum atomic E-state index is -0.750. The van der Waals surface area contributed by atoms with Crippen molar-refractivity contribution in [2.75, 3.05) is 0 Å². The fourth-order valence-corrected chi connectivity index (χ4v) is 3.91. The Kier molecular flexibility index (Phi) is 2.66. The molecular weight excluding hydrogens is 252 g/mol. The van der Waals surface area contributed by atoms with Crippen LogP contribution in [0.25, 0.3) is 10.2 Å². The van der Waals surface area contributed by atoms with Gasteiger partial charge in [0, 0.05) is 11.3 Å². The van der Waals surface area contributed by atoms with Gasteiger partial charge in [0.1, 0.15) is 4.83 Å². The van der Waals surface area contributed by atoms with Gasteiger partial charge in [0.2, 0.25) is 0 Å². The second-order valence-corrected chi connectivity index (χ2v) is 5.71. The van der Waals surface area contributed by atoms with Gasteiger partial charge in [-0.25, -0.2) is 4.98 Å². The van der Waals surface area contributed by atoms with Crippen LogP contribution in [0.15, 0.2) is 11.1 Å². The normalized spacial score (nSPS) is 18.8. The highest BCUT2D eigenvalue weighted by atomic mass is 32.1. The monoisotopic (exact) mass is 264 g/mol. The van der Waals surface area contributed by atoms with Gasteiger partial charge >= 0.3 is 5.97 Å². The molecule has 0 saturated carbocycles. The fourth-order valence-electron chi connectivity index (χ4n) is 2.61. The number of thiophene rings is 1. The number of fused-ring (bicyclic) bond motifs is 3. The summed E-state index contributed by atoms with van der Waals surface area (Å²) in [6, 6.07) is 0. The minimum Gasteiger partial charge on any atom is -0.481 e. The minimum absolute atomic E-state index is 0.0887. The van der Waals surface area contributed by atoms with Gasteiger partial charge in [-0.05, 0) is 30.7 Å². The quantitative estimate of drug-likeness (QED) is 0.862. The number of nitrogens with one attached hydrogen (secondary N) is 1. The predicted octanol–water partition coefficient (Wildman–Crippen LogP) is 1.56. The number of H-pyrrole nitrogens is 1. The second-order valence-electron chi connectivity index (χ2n) is 4.62. The van der Waals surface area contributed by atoms with Crippen molar-refractivity contribution < 1.29 is 9.90 Å². The summed E-state index contributed by atoms with van der Waals surface area (Å²) in [5.74, 6) is -0.567. The highest BCUT2D eigenvalue weighted by molar-refractivity contribution is 7.18. The van der Waals surface area contributed by atoms with Gasteiger partial charge in [0.05, 0.1) is 11.7 Å². The summed E-state index contributed by atoms with van der Waals surface area (Å²) in [5, 5.41) is 9.53. The van der Waals surface area contributed by atoms with Crippen LogP contribution in [0, 0.1) is 5.92 Å². The summed E-state index contributed by atoms with van der Waals surface area (Å²) in [7, 11) is 0. The second kappa shape index (κ2) is 4.20. The summed E-state index contributed by atoms with van der Waals surface area (Å²) in [6.45, 7) is 0. The number of carboxylic acids is 1. The van der Waals surface area contributed by atoms with E-state index in [1.165, 1.54) is 17.7 Å². The summed E-state index contributed by atoms with van der Waals surface area (Å²) in [6.07, 6.45) is 3.99. The Bertz CT molecular complexity index is 674. The number of rotatable bonds is 2. The van der Waals surface area contributed by atoms with Gasteiger partial charge in [-0.15, -0.1) is 11.3 Å². The third kappa shape index (κ3) is 1.82. The Morgan fingerprint density at radius 3 is 3.22 bits per heavy atom. The average molecular weight is 264 g/mol. The van der Waals surface area contributed by atoms with Crippen LogP contribution in [-0.4, -0.2) is 21.0 Å². The number of hydrogen-bond acceptors (Lipinski definition) is 4. The summed E-state index contributed by atoms with van der Waals surface area (Å²) < 4.78 is 0. The van der Waals surface area contributed by atoms with Gasteiger partial charge in [-0.1, -0.05) is 0 Å². The highest BCUT2D eigenvalue weighted by Gasteiger charge is 2.25. The Balaban J connectivity index is 2.03. The van der Waals surface area contributed by atoms with E-state index in [2.05, 4.69) is 9.97 Å². The Hall–Kier alpha value is -1.69. The number of hydrogen-bond donors (Lipinski definition) is 2. The lowest BCUT2D eigenvalue weighted by Crippen LogP contribution is -2.17. The molecule has 2 aromatic heterocycles. The number of carbonyl (C=O) groups is 1. The van der Waals surface area contributed by atoms with Gasteiger partial charge < -0.3 is 10.1 Å². The predicted molar refractivity (Wildman–Crippen MR) is 68.0 cm³/mol. The molecule has 2 heterocycles. The van der Waals surface area contributed by atoms with Crippen LogP contribution in [0.1, 0.15) is 23.3 Å². The summed E-state index contributed by atoms with van der Waals surface area (Å²) in [4.78, 5) is 31.2. The van der Waals surface area contributed by atoms with E-state index in [0.29, 0.717) is 5.39 Å². The molecule has 0 spiro atoms. The molecule has 3 rings (SSSR count). The van der Waals surface area contributed by atoms with Crippen LogP contribution in [0.4, 0.5) is 0 Å². The smallest absolute Gasteiger partial charge is 0.303 e. The maximum atomic E-state index is 11.8. The first-order valence-corrected chi connectivity index (χ1v) is 6.66. The molecule has 0 aromatic carbocycles. The van der Waals surface area contributed by atoms with Crippen LogP contribution < -0.4 is 5.56 Å². The number of aromatic amines is 1. The number of aryl methyl sites for hydroxylation is 1. The standard InChI is InChI=1S/C12H12N2O3S/c15-9(16)4-6-1-2-7-8(3-6)18-12-10(7)11(17)13-5-14-12/h5-6H,1-4H2,(H,15,16)(H,13,14,17). The molecule has 1 atom stereocenters. The zero-order valence-corrected chi connectivity index (χ0v) is 10.4. The largest absolute Gasteiger partial charge is 0.481 e. The molecule has 1 unspecified atom stereocenters. The van der Waals surface area contributed by atoms with Crippen molar-refractivity contribution in [2.24, 2.45) is 5.92 Å². The molecule has 94 valence electrons. The van der Waals surface area contributed by atoms with E-state index in [9.17, 15) is 9.59 Å². The summed E-state index contributed by atoms with van der Waals surface area (Å²) in [5.41, 5.74) is 0.986. The zero-order valence-electron chi connectivity index (χ0n) is 9.60.